The number of fused-ring (bicyclic) bond motifs is 1. The molecule has 2 aliphatic heterocycles. The van der Waals surface area contributed by atoms with Crippen LogP contribution in [0.5, 0.6) is 0 Å². The summed E-state index contributed by atoms with van der Waals surface area (Å²) >= 11 is 1.59. The van der Waals surface area contributed by atoms with Crippen LogP contribution < -0.4 is 5.32 Å². The molecule has 2 aromatic rings. The monoisotopic (exact) mass is 396 g/mol. The molecule has 4 rings (SSSR count). The van der Waals surface area contributed by atoms with Crippen molar-refractivity contribution >= 4 is 35.2 Å². The SMILES string of the molecule is CSc1cccc(NC(=O)c2ccc3c(c2)C(=O)N(CC2CCCO2)C3=O)c1. The Balaban J connectivity index is 1.53. The van der Waals surface area contributed by atoms with Crippen molar-refractivity contribution in [1.29, 1.82) is 0 Å². The van der Waals surface area contributed by atoms with E-state index in [-0.39, 0.29) is 35.9 Å². The Hall–Kier alpha value is -2.64. The molecule has 28 heavy (non-hydrogen) atoms. The standard InChI is InChI=1S/C21H20N2O4S/c1-28-16-6-2-4-14(11-16)22-19(24)13-7-8-17-18(10-13)21(26)23(20(17)25)12-15-5-3-9-27-15/h2,4,6-8,10-11,15H,3,5,9,12H2,1H3,(H,22,24). The number of hydrogen-bond donors (Lipinski definition) is 1. The van der Waals surface area contributed by atoms with Crippen LogP contribution in [0, 0.1) is 0 Å². The molecule has 0 spiro atoms. The van der Waals surface area contributed by atoms with E-state index in [9.17, 15) is 14.4 Å². The quantitative estimate of drug-likeness (QED) is 0.619. The van der Waals surface area contributed by atoms with Gasteiger partial charge in [-0.05, 0) is 55.5 Å². The van der Waals surface area contributed by atoms with Gasteiger partial charge in [-0.2, -0.15) is 0 Å². The summed E-state index contributed by atoms with van der Waals surface area (Å²) < 4.78 is 5.55. The van der Waals surface area contributed by atoms with Crippen molar-refractivity contribution < 1.29 is 19.1 Å². The van der Waals surface area contributed by atoms with E-state index >= 15 is 0 Å². The number of ether oxygens (including phenoxy) is 1. The predicted molar refractivity (Wildman–Crippen MR) is 107 cm³/mol. The first-order chi connectivity index (χ1) is 13.6. The number of carbonyl (C=O) groups is 3. The Morgan fingerprint density at radius 3 is 2.75 bits per heavy atom. The van der Waals surface area contributed by atoms with Crippen LogP contribution in [-0.4, -0.2) is 48.1 Å². The molecule has 6 nitrogen and oxygen atoms in total. The number of rotatable bonds is 5. The van der Waals surface area contributed by atoms with E-state index in [1.807, 2.05) is 30.5 Å². The molecule has 2 aliphatic rings. The van der Waals surface area contributed by atoms with Crippen LogP contribution in [0.3, 0.4) is 0 Å². The largest absolute Gasteiger partial charge is 0.376 e. The molecule has 144 valence electrons. The Labute approximate surface area is 167 Å². The number of amides is 3. The molecule has 0 aromatic heterocycles. The number of imide groups is 1. The van der Waals surface area contributed by atoms with Crippen molar-refractivity contribution in [3.63, 3.8) is 0 Å². The van der Waals surface area contributed by atoms with Crippen LogP contribution in [0.2, 0.25) is 0 Å². The van der Waals surface area contributed by atoms with Crippen LogP contribution in [0.4, 0.5) is 5.69 Å². The summed E-state index contributed by atoms with van der Waals surface area (Å²) in [4.78, 5) is 40.2. The van der Waals surface area contributed by atoms with Crippen LogP contribution in [0.1, 0.15) is 43.9 Å². The number of nitrogens with zero attached hydrogens (tertiary/aromatic N) is 1. The molecule has 0 radical (unpaired) electrons. The summed E-state index contributed by atoms with van der Waals surface area (Å²) in [6.07, 6.45) is 3.65. The van der Waals surface area contributed by atoms with Crippen molar-refractivity contribution in [2.24, 2.45) is 0 Å². The third-order valence-corrected chi connectivity index (χ3v) is 5.70. The van der Waals surface area contributed by atoms with E-state index in [2.05, 4.69) is 5.32 Å². The molecule has 2 heterocycles. The Morgan fingerprint density at radius 2 is 2.00 bits per heavy atom. The van der Waals surface area contributed by atoms with Gasteiger partial charge in [0.1, 0.15) is 0 Å². The van der Waals surface area contributed by atoms with Gasteiger partial charge in [0.15, 0.2) is 0 Å². The Morgan fingerprint density at radius 1 is 1.18 bits per heavy atom. The van der Waals surface area contributed by atoms with E-state index in [4.69, 9.17) is 4.74 Å². The third kappa shape index (κ3) is 3.55. The number of carbonyl (C=O) groups excluding carboxylic acids is 3. The Bertz CT molecular complexity index is 953. The highest BCUT2D eigenvalue weighted by atomic mass is 32.2. The molecule has 1 fully saturated rings. The molecule has 7 heteroatoms. The average Bonchev–Trinajstić information content (AvgIpc) is 3.31. The second kappa shape index (κ2) is 7.77. The van der Waals surface area contributed by atoms with Gasteiger partial charge in [0.05, 0.1) is 23.8 Å². The number of nitrogens with one attached hydrogen (secondary N) is 1. The number of hydrogen-bond acceptors (Lipinski definition) is 5. The highest BCUT2D eigenvalue weighted by Crippen LogP contribution is 2.27. The minimum absolute atomic E-state index is 0.103. The maximum atomic E-state index is 12.7. The smallest absolute Gasteiger partial charge is 0.261 e. The zero-order chi connectivity index (χ0) is 19.7. The summed E-state index contributed by atoms with van der Waals surface area (Å²) in [5, 5.41) is 2.84. The third-order valence-electron chi connectivity index (χ3n) is 4.97. The summed E-state index contributed by atoms with van der Waals surface area (Å²) in [5.41, 5.74) is 1.63. The fourth-order valence-electron chi connectivity index (χ4n) is 3.49. The molecule has 0 saturated carbocycles. The van der Waals surface area contributed by atoms with Crippen molar-refractivity contribution in [3.05, 3.63) is 59.2 Å². The van der Waals surface area contributed by atoms with Crippen molar-refractivity contribution in [1.82, 2.24) is 4.90 Å². The van der Waals surface area contributed by atoms with Gasteiger partial charge in [0.25, 0.3) is 17.7 Å². The van der Waals surface area contributed by atoms with Gasteiger partial charge in [-0.25, -0.2) is 0 Å². The summed E-state index contributed by atoms with van der Waals surface area (Å²) in [6, 6.07) is 12.2. The van der Waals surface area contributed by atoms with Gasteiger partial charge < -0.3 is 10.1 Å². The molecule has 1 atom stereocenters. The van der Waals surface area contributed by atoms with E-state index in [1.165, 1.54) is 11.0 Å². The number of anilines is 1. The lowest BCUT2D eigenvalue weighted by Crippen LogP contribution is -2.36. The average molecular weight is 396 g/mol. The first kappa shape index (κ1) is 18.7. The van der Waals surface area contributed by atoms with Crippen LogP contribution in [0.25, 0.3) is 0 Å². The van der Waals surface area contributed by atoms with Crippen molar-refractivity contribution in [2.45, 2.75) is 23.8 Å². The molecule has 1 N–H and O–H groups in total. The molecular formula is C21H20N2O4S. The molecule has 1 saturated heterocycles. The molecule has 1 unspecified atom stereocenters. The van der Waals surface area contributed by atoms with Gasteiger partial charge in [0, 0.05) is 22.8 Å². The Kier molecular flexibility index (Phi) is 5.19. The van der Waals surface area contributed by atoms with E-state index < -0.39 is 0 Å². The maximum absolute atomic E-state index is 12.7. The fraction of sp³-hybridized carbons (Fsp3) is 0.286. The first-order valence-electron chi connectivity index (χ1n) is 9.14. The molecular weight excluding hydrogens is 376 g/mol. The lowest BCUT2D eigenvalue weighted by Gasteiger charge is -2.17. The van der Waals surface area contributed by atoms with Crippen LogP contribution >= 0.6 is 11.8 Å². The maximum Gasteiger partial charge on any atom is 0.261 e. The first-order valence-corrected chi connectivity index (χ1v) is 10.4. The lowest BCUT2D eigenvalue weighted by atomic mass is 10.1. The van der Waals surface area contributed by atoms with Gasteiger partial charge in [-0.3, -0.25) is 19.3 Å². The fourth-order valence-corrected chi connectivity index (χ4v) is 3.95. The number of thioether (sulfide) groups is 1. The molecule has 2 aromatic carbocycles. The summed E-state index contributed by atoms with van der Waals surface area (Å²) in [6.45, 7) is 0.922. The second-order valence-corrected chi connectivity index (χ2v) is 7.68. The predicted octanol–water partition coefficient (Wildman–Crippen LogP) is 3.44. The topological polar surface area (TPSA) is 75.7 Å². The van der Waals surface area contributed by atoms with Gasteiger partial charge in [0.2, 0.25) is 0 Å². The lowest BCUT2D eigenvalue weighted by molar-refractivity contribution is 0.0475. The summed E-state index contributed by atoms with van der Waals surface area (Å²) in [5.74, 6) is -1.01. The van der Waals surface area contributed by atoms with E-state index in [1.54, 1.807) is 23.9 Å². The highest BCUT2D eigenvalue weighted by Gasteiger charge is 2.37. The highest BCUT2D eigenvalue weighted by molar-refractivity contribution is 7.98. The number of benzene rings is 2. The molecule has 3 amide bonds. The van der Waals surface area contributed by atoms with E-state index in [0.29, 0.717) is 23.4 Å². The van der Waals surface area contributed by atoms with Crippen LogP contribution in [-0.2, 0) is 4.74 Å². The summed E-state index contributed by atoms with van der Waals surface area (Å²) in [7, 11) is 0. The second-order valence-electron chi connectivity index (χ2n) is 6.80. The van der Waals surface area contributed by atoms with Gasteiger partial charge in [-0.15, -0.1) is 11.8 Å². The molecule has 0 aliphatic carbocycles. The van der Waals surface area contributed by atoms with Crippen molar-refractivity contribution in [2.75, 3.05) is 24.7 Å². The zero-order valence-corrected chi connectivity index (χ0v) is 16.3. The minimum atomic E-state index is -0.366. The van der Waals surface area contributed by atoms with E-state index in [0.717, 1.165) is 17.7 Å². The van der Waals surface area contributed by atoms with Gasteiger partial charge in [-0.1, -0.05) is 6.07 Å². The normalized spacial score (nSPS) is 18.5. The van der Waals surface area contributed by atoms with Crippen LogP contribution in [0.15, 0.2) is 47.4 Å². The molecule has 0 bridgehead atoms. The zero-order valence-electron chi connectivity index (χ0n) is 15.4. The van der Waals surface area contributed by atoms with Crippen molar-refractivity contribution in [3.8, 4) is 0 Å². The van der Waals surface area contributed by atoms with Gasteiger partial charge >= 0.3 is 0 Å². The minimum Gasteiger partial charge on any atom is -0.376 e.